The van der Waals surface area contributed by atoms with Crippen molar-refractivity contribution in [2.75, 3.05) is 36.0 Å². The van der Waals surface area contributed by atoms with Crippen molar-refractivity contribution in [2.45, 2.75) is 64.1 Å². The number of aliphatic hydroxyl groups is 1. The number of halogens is 9. The quantitative estimate of drug-likeness (QED) is 0.126. The van der Waals surface area contributed by atoms with Gasteiger partial charge in [-0.1, -0.05) is 34.3 Å². The molecular formula is C36H35Br2ClF6N10O2S2. The molecule has 0 unspecified atom stereocenters. The van der Waals surface area contributed by atoms with Gasteiger partial charge in [-0.3, -0.25) is 0 Å². The molecule has 316 valence electrons. The first kappa shape index (κ1) is 45.0. The van der Waals surface area contributed by atoms with Gasteiger partial charge in [0.15, 0.2) is 4.47 Å². The Hall–Kier alpha value is -3.57. The number of hydrogen-bond acceptors (Lipinski definition) is 14. The van der Waals surface area contributed by atoms with Crippen LogP contribution in [-0.4, -0.2) is 83.4 Å². The predicted octanol–water partition coefficient (Wildman–Crippen LogP) is 10.1. The van der Waals surface area contributed by atoms with E-state index in [1.807, 2.05) is 41.0 Å². The average molecular weight is 1010 g/mol. The van der Waals surface area contributed by atoms with E-state index in [2.05, 4.69) is 71.7 Å². The fourth-order valence-corrected chi connectivity index (χ4v) is 8.96. The lowest BCUT2D eigenvalue weighted by Gasteiger charge is -2.34. The smallest absolute Gasteiger partial charge is 0.419 e. The third kappa shape index (κ3) is 12.3. The summed E-state index contributed by atoms with van der Waals surface area (Å²) in [5, 5.41) is 10.1. The summed E-state index contributed by atoms with van der Waals surface area (Å²) in [5.74, 6) is 1.20. The maximum Gasteiger partial charge on any atom is 0.419 e. The third-order valence-electron chi connectivity index (χ3n) is 9.61. The van der Waals surface area contributed by atoms with Crippen LogP contribution in [0.5, 0.6) is 5.19 Å². The molecule has 8 heterocycles. The summed E-state index contributed by atoms with van der Waals surface area (Å²) >= 11 is 15.1. The van der Waals surface area contributed by atoms with E-state index in [0.29, 0.717) is 53.7 Å². The Morgan fingerprint density at radius 3 is 1.54 bits per heavy atom. The maximum atomic E-state index is 12.7. The molecule has 0 aromatic carbocycles. The predicted molar refractivity (Wildman–Crippen MR) is 221 cm³/mol. The summed E-state index contributed by atoms with van der Waals surface area (Å²) < 4.78 is 83.2. The first-order chi connectivity index (χ1) is 27.9. The van der Waals surface area contributed by atoms with Gasteiger partial charge in [0.25, 0.3) is 5.19 Å². The fourth-order valence-electron chi connectivity index (χ4n) is 6.26. The normalized spacial score (nSPS) is 16.6. The number of ether oxygens (including phenoxy) is 1. The molecule has 0 bridgehead atoms. The first-order valence-corrected chi connectivity index (χ1v) is 21.7. The van der Waals surface area contributed by atoms with Crippen molar-refractivity contribution in [1.29, 1.82) is 0 Å². The Kier molecular flexibility index (Phi) is 14.8. The van der Waals surface area contributed by atoms with Crippen LogP contribution in [0.15, 0.2) is 58.3 Å². The third-order valence-corrected chi connectivity index (χ3v) is 12.4. The Bertz CT molecular complexity index is 2290. The van der Waals surface area contributed by atoms with Crippen LogP contribution in [0.3, 0.4) is 0 Å². The van der Waals surface area contributed by atoms with Gasteiger partial charge in [-0.2, -0.15) is 26.3 Å². The Morgan fingerprint density at radius 2 is 1.10 bits per heavy atom. The molecule has 23 heteroatoms. The Balaban J connectivity index is 0.000000166. The van der Waals surface area contributed by atoms with E-state index in [4.69, 9.17) is 16.3 Å². The van der Waals surface area contributed by atoms with Crippen LogP contribution >= 0.6 is 66.1 Å². The van der Waals surface area contributed by atoms with Crippen LogP contribution in [0.1, 0.15) is 50.7 Å². The van der Waals surface area contributed by atoms with E-state index in [0.717, 1.165) is 80.4 Å². The number of pyridine rings is 2. The highest BCUT2D eigenvalue weighted by Crippen LogP contribution is 2.33. The van der Waals surface area contributed by atoms with Crippen molar-refractivity contribution in [1.82, 2.24) is 39.9 Å². The van der Waals surface area contributed by atoms with Crippen molar-refractivity contribution in [3.8, 4) is 5.19 Å². The van der Waals surface area contributed by atoms with E-state index in [1.165, 1.54) is 22.7 Å². The first-order valence-electron chi connectivity index (χ1n) is 18.1. The molecule has 2 saturated heterocycles. The molecule has 2 atom stereocenters. The van der Waals surface area contributed by atoms with Gasteiger partial charge < -0.3 is 19.6 Å². The van der Waals surface area contributed by atoms with Gasteiger partial charge >= 0.3 is 12.4 Å². The highest BCUT2D eigenvalue weighted by atomic mass is 79.9. The number of alkyl halides is 6. The molecule has 2 aliphatic rings. The van der Waals surface area contributed by atoms with Gasteiger partial charge in [-0.25, -0.2) is 39.9 Å². The average Bonchev–Trinajstić information content (AvgIpc) is 3.78. The van der Waals surface area contributed by atoms with Crippen LogP contribution in [0.25, 0.3) is 20.7 Å². The largest absolute Gasteiger partial charge is 0.467 e. The van der Waals surface area contributed by atoms with Crippen LogP contribution in [0.4, 0.5) is 38.2 Å². The van der Waals surface area contributed by atoms with Crippen LogP contribution in [-0.2, 0) is 12.4 Å². The second-order valence-corrected chi connectivity index (χ2v) is 17.7. The molecule has 0 saturated carbocycles. The van der Waals surface area contributed by atoms with E-state index in [9.17, 15) is 31.4 Å². The maximum absolute atomic E-state index is 12.7. The van der Waals surface area contributed by atoms with Gasteiger partial charge in [0.2, 0.25) is 11.9 Å². The molecule has 12 nitrogen and oxygen atoms in total. The molecule has 1 N–H and O–H groups in total. The number of fused-ring (bicyclic) bond motifs is 2. The number of anilines is 2. The van der Waals surface area contributed by atoms with Gasteiger partial charge in [-0.05, 0) is 107 Å². The minimum absolute atomic E-state index is 0.0327. The zero-order valence-electron chi connectivity index (χ0n) is 31.1. The number of nitrogens with zero attached hydrogens (tertiary/aromatic N) is 10. The highest BCUT2D eigenvalue weighted by molar-refractivity contribution is 9.10. The standard InChI is InChI=1S/C18H17BrF3N5OS.C12H16F3N3O.C6H2BrClN2S/c1-10(28-17-25-13-2-3-14(19)26-15(13)29-17)11-4-6-27(7-5-11)16-23-8-12(9-24-16)18(20,21)22;1-8(19)9-2-4-18(5-3-9)11-16-6-10(7-17-11)12(13,14)15;7-4-2-1-3-5(10-4)11-6(8)9-3/h2-3,8-11H,4-7H2,1H3;6-9,19H,2-5H2,1H3;1-2H/t10-;8-;/m01./s1. The van der Waals surface area contributed by atoms with Crippen molar-refractivity contribution in [2.24, 2.45) is 11.8 Å². The molecule has 0 radical (unpaired) electrons. The fraction of sp³-hybridized carbons (Fsp3) is 0.444. The van der Waals surface area contributed by atoms with Gasteiger partial charge in [-0.15, -0.1) is 0 Å². The minimum atomic E-state index is -4.43. The van der Waals surface area contributed by atoms with E-state index in [1.54, 1.807) is 6.92 Å². The van der Waals surface area contributed by atoms with Crippen molar-refractivity contribution in [3.05, 3.63) is 73.9 Å². The second kappa shape index (κ2) is 19.4. The van der Waals surface area contributed by atoms with E-state index < -0.39 is 23.5 Å². The Labute approximate surface area is 363 Å². The molecule has 8 rings (SSSR count). The van der Waals surface area contributed by atoms with Crippen molar-refractivity contribution in [3.63, 3.8) is 0 Å². The summed E-state index contributed by atoms with van der Waals surface area (Å²) in [7, 11) is 0. The number of thiazole rings is 2. The zero-order chi connectivity index (χ0) is 42.5. The van der Waals surface area contributed by atoms with Gasteiger partial charge in [0.05, 0.1) is 17.2 Å². The topological polar surface area (TPSA) is 139 Å². The number of hydrogen-bond donors (Lipinski definition) is 1. The van der Waals surface area contributed by atoms with Gasteiger partial charge in [0, 0.05) is 51.0 Å². The lowest BCUT2D eigenvalue weighted by atomic mass is 9.92. The second-order valence-electron chi connectivity index (χ2n) is 13.6. The minimum Gasteiger partial charge on any atom is -0.467 e. The van der Waals surface area contributed by atoms with Crippen LogP contribution in [0.2, 0.25) is 4.47 Å². The molecule has 0 aliphatic carbocycles. The number of rotatable bonds is 6. The monoisotopic (exact) mass is 1010 g/mol. The SMILES string of the molecule is C[C@@H](O)C1CCN(c2ncc(C(F)(F)F)cn2)CC1.C[C@H](Oc1nc2ccc(Br)nc2s1)C1CCN(c2ncc(C(F)(F)F)cn2)CC1.Clc1nc2ccc(Br)nc2s1. The summed E-state index contributed by atoms with van der Waals surface area (Å²) in [6.45, 7) is 6.41. The molecule has 0 spiro atoms. The van der Waals surface area contributed by atoms with Crippen molar-refractivity contribution >= 4 is 98.7 Å². The molecule has 0 amide bonds. The molecule has 2 fully saturated rings. The summed E-state index contributed by atoms with van der Waals surface area (Å²) in [6, 6.07) is 7.46. The number of piperidine rings is 2. The molecule has 6 aromatic heterocycles. The molecular weight excluding hydrogens is 978 g/mol. The summed E-state index contributed by atoms with van der Waals surface area (Å²) in [5.41, 5.74) is -0.0245. The molecule has 2 aliphatic heterocycles. The van der Waals surface area contributed by atoms with Gasteiger partial charge in [0.1, 0.15) is 36.0 Å². The van der Waals surface area contributed by atoms with Crippen LogP contribution < -0.4 is 14.5 Å². The number of aromatic nitrogens is 8. The molecule has 59 heavy (non-hydrogen) atoms. The van der Waals surface area contributed by atoms with Crippen molar-refractivity contribution < 1.29 is 36.2 Å². The lowest BCUT2D eigenvalue weighted by Crippen LogP contribution is -2.39. The summed E-state index contributed by atoms with van der Waals surface area (Å²) in [4.78, 5) is 37.8. The highest BCUT2D eigenvalue weighted by Gasteiger charge is 2.33. The lowest BCUT2D eigenvalue weighted by molar-refractivity contribution is -0.138. The zero-order valence-corrected chi connectivity index (χ0v) is 36.7. The number of aliphatic hydroxyl groups excluding tert-OH is 1. The summed E-state index contributed by atoms with van der Waals surface area (Å²) in [6.07, 6.45) is -2.68. The van der Waals surface area contributed by atoms with E-state index >= 15 is 0 Å². The van der Waals surface area contributed by atoms with Crippen LogP contribution in [0, 0.1) is 11.8 Å². The Morgan fingerprint density at radius 1 is 0.678 bits per heavy atom. The molecule has 6 aromatic rings. The van der Waals surface area contributed by atoms with E-state index in [-0.39, 0.29) is 18.1 Å².